The maximum absolute atomic E-state index is 6.09. The molecule has 4 nitrogen and oxygen atoms in total. The molecule has 1 aliphatic rings. The minimum Gasteiger partial charge on any atom is -0.497 e. The number of pyridine rings is 1. The van der Waals surface area contributed by atoms with Gasteiger partial charge in [0.1, 0.15) is 17.2 Å². The highest BCUT2D eigenvalue weighted by atomic mass is 16.5. The first-order valence-electron chi connectivity index (χ1n) is 10.5. The average Bonchev–Trinajstić information content (AvgIpc) is 2.80. The summed E-state index contributed by atoms with van der Waals surface area (Å²) < 4.78 is 11.4. The molecule has 0 saturated carbocycles. The number of hydrogen-bond donors (Lipinski definition) is 0. The number of methoxy groups -OCH3 is 1. The van der Waals surface area contributed by atoms with Gasteiger partial charge < -0.3 is 9.47 Å². The van der Waals surface area contributed by atoms with Crippen LogP contribution in [0.1, 0.15) is 31.0 Å². The third-order valence-electron chi connectivity index (χ3n) is 5.53. The summed E-state index contributed by atoms with van der Waals surface area (Å²) >= 11 is 0. The number of hydrogen-bond acceptors (Lipinski definition) is 4. The van der Waals surface area contributed by atoms with Crippen LogP contribution in [0.25, 0.3) is 5.57 Å². The van der Waals surface area contributed by atoms with Crippen molar-refractivity contribution in [3.63, 3.8) is 0 Å². The van der Waals surface area contributed by atoms with Gasteiger partial charge in [-0.25, -0.2) is 0 Å². The van der Waals surface area contributed by atoms with Crippen molar-refractivity contribution in [3.8, 4) is 17.2 Å². The van der Waals surface area contributed by atoms with Crippen molar-refractivity contribution < 1.29 is 9.47 Å². The fraction of sp³-hybridized carbons (Fsp3) is 0.269. The highest BCUT2D eigenvalue weighted by molar-refractivity contribution is 5.69. The van der Waals surface area contributed by atoms with E-state index in [1.807, 2.05) is 36.5 Å². The summed E-state index contributed by atoms with van der Waals surface area (Å²) in [6, 6.07) is 22.3. The molecule has 3 aromatic rings. The standard InChI is InChI=1S/C26H28N2O2/c1-3-21-13-15-28(18-20-8-5-4-6-9-20)19-25(21)26-17-24(12-14-27-26)30-23-11-7-10-22(16-23)29-2/h4-12,14,16-17H,3,13,15,18-19H2,1-2H3. The lowest BCUT2D eigenvalue weighted by molar-refractivity contribution is 0.290. The summed E-state index contributed by atoms with van der Waals surface area (Å²) in [7, 11) is 1.66. The van der Waals surface area contributed by atoms with Gasteiger partial charge in [-0.15, -0.1) is 0 Å². The number of rotatable bonds is 7. The van der Waals surface area contributed by atoms with Gasteiger partial charge in [-0.3, -0.25) is 9.88 Å². The number of benzene rings is 2. The molecule has 1 aliphatic heterocycles. The van der Waals surface area contributed by atoms with Crippen LogP contribution in [0.5, 0.6) is 17.2 Å². The van der Waals surface area contributed by atoms with E-state index >= 15 is 0 Å². The monoisotopic (exact) mass is 400 g/mol. The third-order valence-corrected chi connectivity index (χ3v) is 5.53. The minimum absolute atomic E-state index is 0.755. The van der Waals surface area contributed by atoms with Crippen LogP contribution in [-0.2, 0) is 6.54 Å². The molecule has 1 aromatic heterocycles. The first kappa shape index (κ1) is 20.2. The largest absolute Gasteiger partial charge is 0.497 e. The predicted molar refractivity (Wildman–Crippen MR) is 121 cm³/mol. The van der Waals surface area contributed by atoms with E-state index in [0.29, 0.717) is 0 Å². The summed E-state index contributed by atoms with van der Waals surface area (Å²) in [6.07, 6.45) is 3.97. The molecule has 0 N–H and O–H groups in total. The molecule has 0 saturated heterocycles. The molecule has 0 fully saturated rings. The SMILES string of the molecule is CCC1=C(c2cc(Oc3cccc(OC)c3)ccn2)CN(Cc2ccccc2)CC1. The van der Waals surface area contributed by atoms with Crippen LogP contribution in [0.3, 0.4) is 0 Å². The van der Waals surface area contributed by atoms with Crippen LogP contribution in [0.15, 0.2) is 78.5 Å². The molecule has 0 amide bonds. The molecule has 154 valence electrons. The first-order valence-corrected chi connectivity index (χ1v) is 10.5. The molecule has 0 bridgehead atoms. The average molecular weight is 401 g/mol. The zero-order valence-corrected chi connectivity index (χ0v) is 17.7. The molecular formula is C26H28N2O2. The molecule has 0 unspecified atom stereocenters. The van der Waals surface area contributed by atoms with Crippen LogP contribution in [0.4, 0.5) is 0 Å². The normalized spacial score (nSPS) is 14.6. The maximum atomic E-state index is 6.09. The van der Waals surface area contributed by atoms with Crippen molar-refractivity contribution >= 4 is 5.57 Å². The van der Waals surface area contributed by atoms with Crippen molar-refractivity contribution in [2.75, 3.05) is 20.2 Å². The van der Waals surface area contributed by atoms with Gasteiger partial charge in [0, 0.05) is 38.0 Å². The van der Waals surface area contributed by atoms with Gasteiger partial charge in [-0.05, 0) is 42.2 Å². The van der Waals surface area contributed by atoms with Crippen molar-refractivity contribution in [1.29, 1.82) is 0 Å². The van der Waals surface area contributed by atoms with Crippen LogP contribution >= 0.6 is 0 Å². The molecule has 0 radical (unpaired) electrons. The van der Waals surface area contributed by atoms with Crippen LogP contribution in [-0.4, -0.2) is 30.1 Å². The van der Waals surface area contributed by atoms with Crippen molar-refractivity contribution in [3.05, 3.63) is 89.8 Å². The Balaban J connectivity index is 1.54. The molecular weight excluding hydrogens is 372 g/mol. The van der Waals surface area contributed by atoms with E-state index in [1.165, 1.54) is 16.7 Å². The maximum Gasteiger partial charge on any atom is 0.131 e. The Hall–Kier alpha value is -3.11. The van der Waals surface area contributed by atoms with Gasteiger partial charge in [-0.2, -0.15) is 0 Å². The summed E-state index contributed by atoms with van der Waals surface area (Å²) in [6.45, 7) is 5.19. The quantitative estimate of drug-likeness (QED) is 0.491. The Labute approximate surface area is 178 Å². The van der Waals surface area contributed by atoms with Crippen molar-refractivity contribution in [2.24, 2.45) is 0 Å². The van der Waals surface area contributed by atoms with E-state index in [4.69, 9.17) is 9.47 Å². The first-order chi connectivity index (χ1) is 14.7. The van der Waals surface area contributed by atoms with E-state index in [0.717, 1.165) is 55.4 Å². The zero-order valence-electron chi connectivity index (χ0n) is 17.7. The van der Waals surface area contributed by atoms with Crippen molar-refractivity contribution in [2.45, 2.75) is 26.3 Å². The molecule has 0 spiro atoms. The van der Waals surface area contributed by atoms with Gasteiger partial charge in [0.25, 0.3) is 0 Å². The molecule has 0 atom stereocenters. The second-order valence-corrected chi connectivity index (χ2v) is 7.54. The van der Waals surface area contributed by atoms with E-state index in [-0.39, 0.29) is 0 Å². The van der Waals surface area contributed by atoms with E-state index < -0.39 is 0 Å². The Morgan fingerprint density at radius 1 is 0.933 bits per heavy atom. The van der Waals surface area contributed by atoms with Gasteiger partial charge in [0.2, 0.25) is 0 Å². The Morgan fingerprint density at radius 3 is 2.53 bits per heavy atom. The summed E-state index contributed by atoms with van der Waals surface area (Å²) in [5, 5.41) is 0. The highest BCUT2D eigenvalue weighted by Gasteiger charge is 2.20. The molecule has 2 aromatic carbocycles. The molecule has 30 heavy (non-hydrogen) atoms. The van der Waals surface area contributed by atoms with E-state index in [1.54, 1.807) is 7.11 Å². The lowest BCUT2D eigenvalue weighted by Gasteiger charge is -2.30. The van der Waals surface area contributed by atoms with Crippen LogP contribution < -0.4 is 9.47 Å². The van der Waals surface area contributed by atoms with Crippen LogP contribution in [0.2, 0.25) is 0 Å². The van der Waals surface area contributed by atoms with Gasteiger partial charge in [0.15, 0.2) is 0 Å². The smallest absolute Gasteiger partial charge is 0.131 e. The topological polar surface area (TPSA) is 34.6 Å². The predicted octanol–water partition coefficient (Wildman–Crippen LogP) is 5.95. The fourth-order valence-electron chi connectivity index (χ4n) is 3.93. The van der Waals surface area contributed by atoms with Crippen molar-refractivity contribution in [1.82, 2.24) is 9.88 Å². The Morgan fingerprint density at radius 2 is 1.73 bits per heavy atom. The summed E-state index contributed by atoms with van der Waals surface area (Å²) in [5.74, 6) is 2.32. The van der Waals surface area contributed by atoms with Gasteiger partial charge in [0.05, 0.1) is 12.8 Å². The zero-order chi connectivity index (χ0) is 20.8. The molecule has 2 heterocycles. The lowest BCUT2D eigenvalue weighted by atomic mass is 9.94. The number of nitrogens with zero attached hydrogens (tertiary/aromatic N) is 2. The second kappa shape index (κ2) is 9.59. The second-order valence-electron chi connectivity index (χ2n) is 7.54. The molecule has 0 aliphatic carbocycles. The number of ether oxygens (including phenoxy) is 2. The van der Waals surface area contributed by atoms with Gasteiger partial charge >= 0.3 is 0 Å². The third kappa shape index (κ3) is 4.89. The summed E-state index contributed by atoms with van der Waals surface area (Å²) in [4.78, 5) is 7.19. The summed E-state index contributed by atoms with van der Waals surface area (Å²) in [5.41, 5.74) is 5.17. The Bertz CT molecular complexity index is 1010. The Kier molecular flexibility index (Phi) is 6.45. The van der Waals surface area contributed by atoms with E-state index in [9.17, 15) is 0 Å². The molecule has 4 heteroatoms. The minimum atomic E-state index is 0.755. The van der Waals surface area contributed by atoms with Gasteiger partial charge in [-0.1, -0.05) is 48.9 Å². The van der Waals surface area contributed by atoms with E-state index in [2.05, 4.69) is 53.2 Å². The molecule has 4 rings (SSSR count). The van der Waals surface area contributed by atoms with Crippen LogP contribution in [0, 0.1) is 0 Å². The highest BCUT2D eigenvalue weighted by Crippen LogP contribution is 2.31. The lowest BCUT2D eigenvalue weighted by Crippen LogP contribution is -2.31. The fourth-order valence-corrected chi connectivity index (χ4v) is 3.93. The number of aromatic nitrogens is 1.